The van der Waals surface area contributed by atoms with Gasteiger partial charge in [-0.15, -0.1) is 15.3 Å². The molecule has 6 bridgehead atoms. The second-order valence-electron chi connectivity index (χ2n) is 26.5. The fraction of sp³-hybridized carbons (Fsp3) is 0.864. The molecular weight excluding hydrogens is 1450 g/mol. The van der Waals surface area contributed by atoms with Crippen LogP contribution >= 0.6 is 0 Å². The lowest BCUT2D eigenvalue weighted by atomic mass is 9.88. The second-order valence-corrected chi connectivity index (χ2v) is 26.5. The van der Waals surface area contributed by atoms with E-state index in [1.54, 1.807) is 32.6 Å². The van der Waals surface area contributed by atoms with Gasteiger partial charge in [-0.2, -0.15) is 0 Å². The first-order chi connectivity index (χ1) is 52.8. The van der Waals surface area contributed by atoms with Crippen LogP contribution in [-0.2, 0) is 153 Å². The van der Waals surface area contributed by atoms with Crippen molar-refractivity contribution in [2.24, 2.45) is 5.73 Å². The number of hydrogen-bond acceptors (Lipinski definition) is 37. The molecule has 6 aliphatic heterocycles. The fourth-order valence-electron chi connectivity index (χ4n) is 12.1. The van der Waals surface area contributed by atoms with Crippen molar-refractivity contribution < 1.29 is 144 Å². The Hall–Kier alpha value is -5.29. The Balaban J connectivity index is 0.00000741. The molecule has 622 valence electrons. The second kappa shape index (κ2) is 46.8. The number of carbonyl (C=O) groups is 3. The normalized spacial score (nSPS) is 27.6. The molecule has 9 rings (SSSR count). The van der Waals surface area contributed by atoms with E-state index in [0.717, 1.165) is 0 Å². The Labute approximate surface area is 630 Å². The number of carbonyl (C=O) groups excluding carboxylic acids is 3. The highest BCUT2D eigenvalue weighted by atomic mass is 16.8. The highest BCUT2D eigenvalue weighted by Gasteiger charge is 2.62. The predicted octanol–water partition coefficient (Wildman–Crippen LogP) is -6.61. The minimum atomic E-state index is -1.33. The number of aliphatic hydroxyl groups excluding tert-OH is 6. The molecule has 43 heteroatoms. The summed E-state index contributed by atoms with van der Waals surface area (Å²) in [5.74, 6) is -1.15. The Bertz CT molecular complexity index is 2750. The van der Waals surface area contributed by atoms with Gasteiger partial charge in [-0.1, -0.05) is 29.5 Å². The molecule has 0 aliphatic carbocycles. The predicted molar refractivity (Wildman–Crippen MR) is 367 cm³/mol. The van der Waals surface area contributed by atoms with E-state index in [4.69, 9.17) is 105 Å². The van der Waals surface area contributed by atoms with Gasteiger partial charge in [0.1, 0.15) is 88.6 Å². The largest absolute Gasteiger partial charge is 0.388 e. The SMILES string of the molecule is CC.CC(=O)N[C@H]1[C@H]2OC[C@](COCCOCCOCCOCCn3cc(COCC(N)(COCc4cn(CCOCCOCCOCCOC[C@@]56CO[C@@H](O5)[C@H](NC(C)=O)[C@@H](O)[C@H]6O)nn4)COCc4cn(CCOCCOCCOCCOC[C@@]56CO[C@@H](O5)[C@H](NC(C)=O)[C@@H](O)[C@H]6O)nn4)nn3)(O2)[C@H](O)[C@@H]1O. The molecule has 0 aromatic carbocycles. The Morgan fingerprint density at radius 3 is 0.872 bits per heavy atom. The summed E-state index contributed by atoms with van der Waals surface area (Å²) in [6.45, 7) is 15.7. The number of amides is 3. The van der Waals surface area contributed by atoms with E-state index < -0.39 is 96.0 Å². The number of aliphatic hydroxyl groups is 6. The van der Waals surface area contributed by atoms with Crippen molar-refractivity contribution in [1.82, 2.24) is 60.9 Å². The molecule has 15 atom stereocenters. The Morgan fingerprint density at radius 2 is 0.633 bits per heavy atom. The summed E-state index contributed by atoms with van der Waals surface area (Å²) in [7, 11) is 0. The van der Waals surface area contributed by atoms with Crippen LogP contribution in [0, 0.1) is 0 Å². The molecule has 11 N–H and O–H groups in total. The van der Waals surface area contributed by atoms with E-state index in [-0.39, 0.29) is 137 Å². The number of nitrogens with zero attached hydrogens (tertiary/aromatic N) is 9. The maximum atomic E-state index is 11.5. The molecule has 0 unspecified atom stereocenters. The molecule has 0 spiro atoms. The fourth-order valence-corrected chi connectivity index (χ4v) is 12.1. The Morgan fingerprint density at radius 1 is 0.404 bits per heavy atom. The van der Waals surface area contributed by atoms with Crippen molar-refractivity contribution in [1.29, 1.82) is 0 Å². The van der Waals surface area contributed by atoms with Crippen LogP contribution in [0.3, 0.4) is 0 Å². The average molecular weight is 1570 g/mol. The third kappa shape index (κ3) is 28.1. The molecule has 6 saturated heterocycles. The lowest BCUT2D eigenvalue weighted by Gasteiger charge is -2.42. The molecule has 0 saturated carbocycles. The molecule has 109 heavy (non-hydrogen) atoms. The molecule has 3 aromatic heterocycles. The monoisotopic (exact) mass is 1570 g/mol. The zero-order valence-electron chi connectivity index (χ0n) is 62.7. The van der Waals surface area contributed by atoms with Crippen molar-refractivity contribution in [3.63, 3.8) is 0 Å². The van der Waals surface area contributed by atoms with Crippen LogP contribution in [0.1, 0.15) is 51.7 Å². The minimum Gasteiger partial charge on any atom is -0.388 e. The molecule has 6 fully saturated rings. The molecule has 3 aromatic rings. The van der Waals surface area contributed by atoms with Gasteiger partial charge in [-0.3, -0.25) is 14.4 Å². The number of rotatable bonds is 57. The first-order valence-electron chi connectivity index (χ1n) is 36.7. The van der Waals surface area contributed by atoms with Crippen LogP contribution in [0.25, 0.3) is 0 Å². The summed E-state index contributed by atoms with van der Waals surface area (Å²) in [5, 5.41) is 96.8. The van der Waals surface area contributed by atoms with E-state index in [0.29, 0.717) is 136 Å². The maximum Gasteiger partial charge on any atom is 0.217 e. The topological polar surface area (TPSA) is 521 Å². The first-order valence-corrected chi connectivity index (χ1v) is 36.7. The summed E-state index contributed by atoms with van der Waals surface area (Å²) in [6, 6.07) is -2.68. The summed E-state index contributed by atoms with van der Waals surface area (Å²) >= 11 is 0. The highest BCUT2D eigenvalue weighted by Crippen LogP contribution is 2.40. The highest BCUT2D eigenvalue weighted by molar-refractivity contribution is 5.74. The average Bonchev–Trinajstić information content (AvgIpc) is 1.63. The van der Waals surface area contributed by atoms with Crippen LogP contribution in [0.2, 0.25) is 0 Å². The van der Waals surface area contributed by atoms with Crippen LogP contribution in [0.15, 0.2) is 18.6 Å². The van der Waals surface area contributed by atoms with Gasteiger partial charge in [0.05, 0.1) is 262 Å². The van der Waals surface area contributed by atoms with Crippen LogP contribution in [0.5, 0.6) is 0 Å². The van der Waals surface area contributed by atoms with Crippen molar-refractivity contribution in [2.75, 3.05) is 198 Å². The third-order valence-electron chi connectivity index (χ3n) is 17.7. The van der Waals surface area contributed by atoms with Crippen molar-refractivity contribution in [3.8, 4) is 0 Å². The number of hydrogen-bond donors (Lipinski definition) is 10. The molecule has 3 amide bonds. The lowest BCUT2D eigenvalue weighted by molar-refractivity contribution is -0.238. The van der Waals surface area contributed by atoms with Crippen LogP contribution < -0.4 is 21.7 Å². The summed E-state index contributed by atoms with van der Waals surface area (Å²) in [4.78, 5) is 34.6. The first kappa shape index (κ1) is 89.3. The van der Waals surface area contributed by atoms with Gasteiger partial charge in [0.15, 0.2) is 18.9 Å². The van der Waals surface area contributed by atoms with E-state index >= 15 is 0 Å². The van der Waals surface area contributed by atoms with Crippen molar-refractivity contribution in [3.05, 3.63) is 35.7 Å². The van der Waals surface area contributed by atoms with E-state index in [9.17, 15) is 45.0 Å². The molecule has 43 nitrogen and oxygen atoms in total. The van der Waals surface area contributed by atoms with E-state index in [2.05, 4.69) is 46.9 Å². The molecule has 0 radical (unpaired) electrons. The zero-order chi connectivity index (χ0) is 77.9. The van der Waals surface area contributed by atoms with Gasteiger partial charge < -0.3 is 152 Å². The van der Waals surface area contributed by atoms with Crippen LogP contribution in [0.4, 0.5) is 0 Å². The van der Waals surface area contributed by atoms with Gasteiger partial charge in [0, 0.05) is 20.8 Å². The standard InChI is InChI=1S/C64H107N13O30.C2H6/c1-43(78)66-49-52(81)55(84)62(40-102-58(49)105-62)37-96-25-22-93-19-16-90-13-10-87-7-4-75-28-46(69-72-75)31-99-34-61(65,35-100-32-47-29-76(73-70-47)5-8-88-11-14-91-17-20-94-23-26-97-38-63-41-103-59(106-63)50(67-44(2)79)53(82)56(63)85)36-101-33-48-30-77(74-71-48)6-9-89-12-15-92-18-21-95-24-27-98-39-64-42-104-60(107-64)51(68-45(3)80)54(83)57(64)86;1-2/h28-30,49-60,81-86H,4-27,31-42,65H2,1-3H3,(H,66,78)(H,67,79)(H,68,80);1-2H3/t49-,50-,51-,52-,53-,54-,55-,56-,57-,58+,59+,60+,62+,63+,64+;/m1./s1. The van der Waals surface area contributed by atoms with Crippen LogP contribution in [-0.4, -0.2) is 388 Å². The number of ether oxygens (including phenoxy) is 21. The van der Waals surface area contributed by atoms with E-state index in [1.165, 1.54) is 20.8 Å². The number of aromatic nitrogens is 9. The quantitative estimate of drug-likeness (QED) is 0.0235. The van der Waals surface area contributed by atoms with Gasteiger partial charge in [0.25, 0.3) is 0 Å². The molecular formula is C66H113N13O30. The van der Waals surface area contributed by atoms with Gasteiger partial charge in [0.2, 0.25) is 17.7 Å². The molecule has 9 heterocycles. The summed E-state index contributed by atoms with van der Waals surface area (Å²) < 4.78 is 125. The number of nitrogens with two attached hydrogens (primary N) is 1. The maximum absolute atomic E-state index is 11.5. The number of fused-ring (bicyclic) bond motifs is 6. The zero-order valence-corrected chi connectivity index (χ0v) is 62.7. The third-order valence-corrected chi connectivity index (χ3v) is 17.7. The van der Waals surface area contributed by atoms with Gasteiger partial charge >= 0.3 is 0 Å². The number of nitrogens with one attached hydrogen (secondary N) is 3. The molecule has 6 aliphatic rings. The van der Waals surface area contributed by atoms with Gasteiger partial charge in [-0.25, -0.2) is 14.0 Å². The summed E-state index contributed by atoms with van der Waals surface area (Å²) in [6.07, 6.45) is -5.29. The Kier molecular flexibility index (Phi) is 38.3. The lowest BCUT2D eigenvalue weighted by Crippen LogP contribution is -2.66. The van der Waals surface area contributed by atoms with Crippen molar-refractivity contribution in [2.45, 2.75) is 170 Å². The summed E-state index contributed by atoms with van der Waals surface area (Å²) in [5.41, 5.74) is 3.71. The van der Waals surface area contributed by atoms with E-state index in [1.807, 2.05) is 13.8 Å². The van der Waals surface area contributed by atoms with Gasteiger partial charge in [-0.05, 0) is 0 Å². The van der Waals surface area contributed by atoms with Crippen molar-refractivity contribution >= 4 is 17.7 Å². The smallest absolute Gasteiger partial charge is 0.217 e. The minimum absolute atomic E-state index is 0.000783.